The highest BCUT2D eigenvalue weighted by Crippen LogP contribution is 2.34. The molecular formula is C21H22ClFN4O4S. The number of sulfonamides is 1. The number of hydrogen-bond acceptors (Lipinski definition) is 6. The van der Waals surface area contributed by atoms with Gasteiger partial charge in [0, 0.05) is 30.9 Å². The van der Waals surface area contributed by atoms with Crippen LogP contribution in [0.25, 0.3) is 11.3 Å². The fraction of sp³-hybridized carbons (Fsp3) is 0.286. The molecule has 0 aliphatic carbocycles. The average molecular weight is 481 g/mol. The summed E-state index contributed by atoms with van der Waals surface area (Å²) in [6, 6.07) is 6.66. The minimum Gasteiger partial charge on any atom is -0.419 e. The largest absolute Gasteiger partial charge is 0.419 e. The van der Waals surface area contributed by atoms with Crippen LogP contribution in [0.3, 0.4) is 0 Å². The summed E-state index contributed by atoms with van der Waals surface area (Å²) in [5.74, 6) is -1.07. The quantitative estimate of drug-likeness (QED) is 0.541. The first-order valence-corrected chi connectivity index (χ1v) is 11.6. The van der Waals surface area contributed by atoms with E-state index in [2.05, 4.69) is 14.7 Å². The van der Waals surface area contributed by atoms with Gasteiger partial charge in [-0.15, -0.1) is 0 Å². The Labute approximate surface area is 190 Å². The summed E-state index contributed by atoms with van der Waals surface area (Å²) in [5.41, 5.74) is 1.11. The summed E-state index contributed by atoms with van der Waals surface area (Å²) in [4.78, 5) is 20.1. The van der Waals surface area contributed by atoms with Crippen LogP contribution in [0.4, 0.5) is 10.2 Å². The lowest BCUT2D eigenvalue weighted by molar-refractivity contribution is 0.412. The summed E-state index contributed by atoms with van der Waals surface area (Å²) in [6.45, 7) is 5.00. The Balaban J connectivity index is 2.13. The number of aromatic nitrogens is 3. The first kappa shape index (κ1) is 23.7. The maximum absolute atomic E-state index is 14.3. The van der Waals surface area contributed by atoms with Crippen LogP contribution in [-0.4, -0.2) is 28.2 Å². The molecule has 1 atom stereocenters. The van der Waals surface area contributed by atoms with E-state index < -0.39 is 21.1 Å². The van der Waals surface area contributed by atoms with E-state index in [9.17, 15) is 17.6 Å². The third kappa shape index (κ3) is 5.08. The van der Waals surface area contributed by atoms with Gasteiger partial charge in [-0.3, -0.25) is 9.52 Å². The molecule has 0 unspecified atom stereocenters. The van der Waals surface area contributed by atoms with Gasteiger partial charge in [0.25, 0.3) is 0 Å². The number of ether oxygens (including phenoxy) is 1. The van der Waals surface area contributed by atoms with Crippen molar-refractivity contribution in [2.24, 2.45) is 7.05 Å². The lowest BCUT2D eigenvalue weighted by Gasteiger charge is -2.15. The second-order valence-electron chi connectivity index (χ2n) is 7.26. The van der Waals surface area contributed by atoms with Gasteiger partial charge in [0.1, 0.15) is 5.82 Å². The molecular weight excluding hydrogens is 459 g/mol. The van der Waals surface area contributed by atoms with Crippen LogP contribution in [0.2, 0.25) is 5.02 Å². The van der Waals surface area contributed by atoms with Crippen molar-refractivity contribution in [2.45, 2.75) is 32.4 Å². The molecule has 0 saturated carbocycles. The fourth-order valence-corrected chi connectivity index (χ4v) is 3.93. The van der Waals surface area contributed by atoms with E-state index in [-0.39, 0.29) is 33.9 Å². The van der Waals surface area contributed by atoms with Crippen molar-refractivity contribution in [1.29, 1.82) is 0 Å². The van der Waals surface area contributed by atoms with Crippen molar-refractivity contribution >= 4 is 27.4 Å². The molecule has 0 fully saturated rings. The maximum atomic E-state index is 14.3. The molecule has 0 spiro atoms. The van der Waals surface area contributed by atoms with Crippen LogP contribution in [0.15, 0.2) is 41.3 Å². The number of nitrogens with zero attached hydrogens (tertiary/aromatic N) is 3. The van der Waals surface area contributed by atoms with Crippen molar-refractivity contribution in [3.8, 4) is 23.0 Å². The number of rotatable bonds is 7. The Morgan fingerprint density at radius 3 is 2.62 bits per heavy atom. The van der Waals surface area contributed by atoms with Gasteiger partial charge >= 0.3 is 6.01 Å². The summed E-state index contributed by atoms with van der Waals surface area (Å²) in [6.07, 6.45) is 1.92. The van der Waals surface area contributed by atoms with Gasteiger partial charge in [0.05, 0.1) is 16.0 Å². The Bertz CT molecular complexity index is 1330. The fourth-order valence-electron chi connectivity index (χ4n) is 2.70. The summed E-state index contributed by atoms with van der Waals surface area (Å²) in [7, 11) is -2.17. The van der Waals surface area contributed by atoms with Gasteiger partial charge in [-0.2, -0.15) is 9.97 Å². The minimum absolute atomic E-state index is 0.0443. The second kappa shape index (κ2) is 9.25. The van der Waals surface area contributed by atoms with Crippen LogP contribution < -0.4 is 15.0 Å². The number of aryl methyl sites for hydroxylation is 2. The molecule has 2 heterocycles. The normalized spacial score (nSPS) is 12.4. The molecule has 0 bridgehead atoms. The molecule has 0 amide bonds. The molecule has 0 saturated heterocycles. The predicted octanol–water partition coefficient (Wildman–Crippen LogP) is 4.28. The SMILES string of the molecule is CC[C@H](C)S(=O)(=O)Nc1cc(-c2ccc(=O)n(C)c2)nc(Oc2c(F)ccc(C)c2Cl)n1. The van der Waals surface area contributed by atoms with Crippen molar-refractivity contribution in [1.82, 2.24) is 14.5 Å². The van der Waals surface area contributed by atoms with Crippen LogP contribution in [0.1, 0.15) is 25.8 Å². The van der Waals surface area contributed by atoms with E-state index in [1.807, 2.05) is 0 Å². The van der Waals surface area contributed by atoms with Crippen LogP contribution in [0, 0.1) is 12.7 Å². The zero-order chi connectivity index (χ0) is 23.6. The lowest BCUT2D eigenvalue weighted by Crippen LogP contribution is -2.25. The summed E-state index contributed by atoms with van der Waals surface area (Å²) >= 11 is 6.18. The molecule has 32 heavy (non-hydrogen) atoms. The predicted molar refractivity (Wildman–Crippen MR) is 121 cm³/mol. The lowest BCUT2D eigenvalue weighted by atomic mass is 10.2. The molecule has 0 aliphatic rings. The maximum Gasteiger partial charge on any atom is 0.324 e. The molecule has 3 aromatic rings. The Morgan fingerprint density at radius 2 is 1.97 bits per heavy atom. The first-order valence-electron chi connectivity index (χ1n) is 9.72. The highest BCUT2D eigenvalue weighted by molar-refractivity contribution is 7.93. The number of nitrogens with one attached hydrogen (secondary N) is 1. The van der Waals surface area contributed by atoms with Crippen LogP contribution in [-0.2, 0) is 17.1 Å². The van der Waals surface area contributed by atoms with Crippen LogP contribution >= 0.6 is 11.6 Å². The molecule has 11 heteroatoms. The van der Waals surface area contributed by atoms with Crippen molar-refractivity contribution in [3.63, 3.8) is 0 Å². The molecule has 1 N–H and O–H groups in total. The van der Waals surface area contributed by atoms with Gasteiger partial charge in [-0.25, -0.2) is 12.8 Å². The first-order chi connectivity index (χ1) is 15.0. The molecule has 1 aromatic carbocycles. The third-order valence-corrected chi connectivity index (χ3v) is 7.23. The second-order valence-corrected chi connectivity index (χ2v) is 9.74. The third-order valence-electron chi connectivity index (χ3n) is 4.87. The molecule has 8 nitrogen and oxygen atoms in total. The van der Waals surface area contributed by atoms with Crippen molar-refractivity contribution in [2.75, 3.05) is 4.72 Å². The molecule has 170 valence electrons. The molecule has 3 rings (SSSR count). The molecule has 0 aliphatic heterocycles. The highest BCUT2D eigenvalue weighted by Gasteiger charge is 2.22. The Hall–Kier alpha value is -2.98. The number of pyridine rings is 1. The van der Waals surface area contributed by atoms with E-state index in [0.717, 1.165) is 0 Å². The van der Waals surface area contributed by atoms with Crippen LogP contribution in [0.5, 0.6) is 11.8 Å². The number of hydrogen-bond donors (Lipinski definition) is 1. The monoisotopic (exact) mass is 480 g/mol. The number of halogens is 2. The van der Waals surface area contributed by atoms with Gasteiger partial charge in [-0.1, -0.05) is 24.6 Å². The van der Waals surface area contributed by atoms with E-state index >= 15 is 0 Å². The highest BCUT2D eigenvalue weighted by atomic mass is 35.5. The van der Waals surface area contributed by atoms with Gasteiger partial charge in [0.15, 0.2) is 11.6 Å². The Kier molecular flexibility index (Phi) is 6.85. The van der Waals surface area contributed by atoms with E-state index in [4.69, 9.17) is 16.3 Å². The Morgan fingerprint density at radius 1 is 1.25 bits per heavy atom. The zero-order valence-electron chi connectivity index (χ0n) is 17.9. The zero-order valence-corrected chi connectivity index (χ0v) is 19.5. The molecule has 0 radical (unpaired) electrons. The van der Waals surface area contributed by atoms with Gasteiger partial charge in [-0.05, 0) is 38.0 Å². The molecule has 2 aromatic heterocycles. The smallest absolute Gasteiger partial charge is 0.324 e. The topological polar surface area (TPSA) is 103 Å². The van der Waals surface area contributed by atoms with Gasteiger partial charge < -0.3 is 9.30 Å². The number of benzene rings is 1. The minimum atomic E-state index is -3.74. The van der Waals surface area contributed by atoms with Crippen molar-refractivity contribution < 1.29 is 17.5 Å². The van der Waals surface area contributed by atoms with Crippen molar-refractivity contribution in [3.05, 3.63) is 63.3 Å². The van der Waals surface area contributed by atoms with E-state index in [1.165, 1.54) is 41.1 Å². The standard InChI is InChI=1S/C21H22ClFN4O4S/c1-5-13(3)32(29,30)26-17-10-16(14-7-9-18(28)27(4)11-14)24-21(25-17)31-20-15(23)8-6-12(2)19(20)22/h6-11,13H,5H2,1-4H3,(H,24,25,26)/t13-/m0/s1. The van der Waals surface area contributed by atoms with Gasteiger partial charge in [0.2, 0.25) is 15.6 Å². The summed E-state index contributed by atoms with van der Waals surface area (Å²) < 4.78 is 48.8. The number of anilines is 1. The summed E-state index contributed by atoms with van der Waals surface area (Å²) in [5, 5.41) is -0.630. The van der Waals surface area contributed by atoms with E-state index in [0.29, 0.717) is 17.5 Å². The van der Waals surface area contributed by atoms with E-state index in [1.54, 1.807) is 27.8 Å². The average Bonchev–Trinajstić information content (AvgIpc) is 2.74.